The fourth-order valence-corrected chi connectivity index (χ4v) is 2.97. The number of aromatic nitrogens is 2. The lowest BCUT2D eigenvalue weighted by Gasteiger charge is -2.30. The van der Waals surface area contributed by atoms with Crippen LogP contribution in [0.3, 0.4) is 0 Å². The molecule has 0 radical (unpaired) electrons. The molecule has 116 valence electrons. The van der Waals surface area contributed by atoms with Gasteiger partial charge in [0.2, 0.25) is 0 Å². The van der Waals surface area contributed by atoms with E-state index < -0.39 is 0 Å². The summed E-state index contributed by atoms with van der Waals surface area (Å²) >= 11 is 0. The highest BCUT2D eigenvalue weighted by molar-refractivity contribution is 5.50. The highest BCUT2D eigenvalue weighted by atomic mass is 19.1. The molecule has 0 bridgehead atoms. The van der Waals surface area contributed by atoms with Crippen molar-refractivity contribution in [3.8, 4) is 11.8 Å². The molecule has 0 spiro atoms. The summed E-state index contributed by atoms with van der Waals surface area (Å²) < 4.78 is 20.3. The van der Waals surface area contributed by atoms with Crippen molar-refractivity contribution in [2.24, 2.45) is 0 Å². The molecule has 0 N–H and O–H groups in total. The number of hydrogen-bond donors (Lipinski definition) is 0. The van der Waals surface area contributed by atoms with Gasteiger partial charge in [-0.05, 0) is 30.5 Å². The first-order valence-corrected chi connectivity index (χ1v) is 7.44. The van der Waals surface area contributed by atoms with E-state index in [2.05, 4.69) is 21.7 Å². The minimum Gasteiger partial charge on any atom is -0.361 e. The molecule has 3 heterocycles. The summed E-state index contributed by atoms with van der Waals surface area (Å²) in [6, 6.07) is 8.10. The zero-order chi connectivity index (χ0) is 15.8. The number of hydrogen-bond acceptors (Lipinski definition) is 4. The molecule has 1 aromatic carbocycles. The van der Waals surface area contributed by atoms with Gasteiger partial charge in [-0.2, -0.15) is 4.98 Å². The van der Waals surface area contributed by atoms with E-state index in [1.807, 2.05) is 0 Å². The smallest absolute Gasteiger partial charge is 0.350 e. The Hall–Kier alpha value is -2.65. The van der Waals surface area contributed by atoms with Crippen LogP contribution < -0.4 is 10.6 Å². The minimum absolute atomic E-state index is 0.282. The molecule has 1 aromatic heterocycles. The summed E-state index contributed by atoms with van der Waals surface area (Å²) in [5.41, 5.74) is 0.628. The Labute approximate surface area is 132 Å². The van der Waals surface area contributed by atoms with Crippen molar-refractivity contribution < 1.29 is 9.13 Å². The molecule has 2 aromatic rings. The second-order valence-electron chi connectivity index (χ2n) is 5.60. The van der Waals surface area contributed by atoms with Gasteiger partial charge in [-0.1, -0.05) is 12.0 Å². The van der Waals surface area contributed by atoms with Crippen LogP contribution >= 0.6 is 0 Å². The van der Waals surface area contributed by atoms with Crippen molar-refractivity contribution in [1.29, 1.82) is 0 Å². The maximum atomic E-state index is 13.2. The summed E-state index contributed by atoms with van der Waals surface area (Å²) in [4.78, 5) is 18.3. The first-order valence-electron chi connectivity index (χ1n) is 7.44. The Kier molecular flexibility index (Phi) is 3.36. The molecular formula is C17H14FN3O2. The summed E-state index contributed by atoms with van der Waals surface area (Å²) in [7, 11) is 0. The molecule has 4 rings (SSSR count). The summed E-state index contributed by atoms with van der Waals surface area (Å²) in [6.45, 7) is 1.83. The topological polar surface area (TPSA) is 47.4 Å². The largest absolute Gasteiger partial charge is 0.361 e. The van der Waals surface area contributed by atoms with Crippen LogP contribution in [0.2, 0.25) is 0 Å². The quantitative estimate of drug-likeness (QED) is 0.689. The Morgan fingerprint density at radius 2 is 2.22 bits per heavy atom. The summed E-state index contributed by atoms with van der Waals surface area (Å²) in [6.07, 6.45) is 0.894. The Balaban J connectivity index is 1.70. The van der Waals surface area contributed by atoms with Gasteiger partial charge in [-0.15, -0.1) is 0 Å². The van der Waals surface area contributed by atoms with Gasteiger partial charge in [0.25, 0.3) is 0 Å². The van der Waals surface area contributed by atoms with E-state index in [1.165, 1.54) is 12.1 Å². The van der Waals surface area contributed by atoms with Gasteiger partial charge in [0.1, 0.15) is 24.1 Å². The van der Waals surface area contributed by atoms with Gasteiger partial charge in [-0.25, -0.2) is 9.18 Å². The lowest BCUT2D eigenvalue weighted by molar-refractivity contribution is 0.0904. The lowest BCUT2D eigenvalue weighted by atomic mass is 10.2. The fraction of sp³-hybridized carbons (Fsp3) is 0.294. The van der Waals surface area contributed by atoms with Crippen LogP contribution in [-0.2, 0) is 11.3 Å². The second-order valence-corrected chi connectivity index (χ2v) is 5.60. The van der Waals surface area contributed by atoms with Crippen LogP contribution in [0.1, 0.15) is 17.7 Å². The third kappa shape index (κ3) is 2.60. The van der Waals surface area contributed by atoms with Gasteiger partial charge >= 0.3 is 5.69 Å². The number of anilines is 1. The minimum atomic E-state index is -0.341. The molecule has 5 nitrogen and oxygen atoms in total. The monoisotopic (exact) mass is 311 g/mol. The summed E-state index contributed by atoms with van der Waals surface area (Å²) in [5.74, 6) is 6.14. The van der Waals surface area contributed by atoms with Crippen LogP contribution in [-0.4, -0.2) is 28.9 Å². The Bertz CT molecular complexity index is 881. The average molecular weight is 311 g/mol. The number of rotatable bonds is 0. The molecule has 1 unspecified atom stereocenters. The molecule has 6 heteroatoms. The van der Waals surface area contributed by atoms with Crippen molar-refractivity contribution in [2.45, 2.75) is 19.0 Å². The van der Waals surface area contributed by atoms with Gasteiger partial charge in [0, 0.05) is 18.2 Å². The van der Waals surface area contributed by atoms with E-state index in [9.17, 15) is 9.18 Å². The Morgan fingerprint density at radius 1 is 1.30 bits per heavy atom. The van der Waals surface area contributed by atoms with Crippen LogP contribution in [0.4, 0.5) is 10.2 Å². The number of benzene rings is 1. The van der Waals surface area contributed by atoms with E-state index in [-0.39, 0.29) is 17.5 Å². The molecule has 23 heavy (non-hydrogen) atoms. The van der Waals surface area contributed by atoms with E-state index in [4.69, 9.17) is 4.74 Å². The average Bonchev–Trinajstić information content (AvgIpc) is 2.93. The highest BCUT2D eigenvalue weighted by Crippen LogP contribution is 2.28. The SMILES string of the molecule is O=c1nc(C#Cc2cccc(F)c2)cc2n1CC1CCOCN21. The van der Waals surface area contributed by atoms with Crippen molar-refractivity contribution in [3.05, 3.63) is 57.9 Å². The highest BCUT2D eigenvalue weighted by Gasteiger charge is 2.32. The van der Waals surface area contributed by atoms with Gasteiger partial charge in [0.15, 0.2) is 0 Å². The molecule has 1 fully saturated rings. The zero-order valence-corrected chi connectivity index (χ0v) is 12.3. The van der Waals surface area contributed by atoms with Gasteiger partial charge in [-0.3, -0.25) is 4.57 Å². The Morgan fingerprint density at radius 3 is 3.09 bits per heavy atom. The van der Waals surface area contributed by atoms with Crippen LogP contribution in [0.5, 0.6) is 0 Å². The first-order chi connectivity index (χ1) is 11.2. The van der Waals surface area contributed by atoms with Crippen molar-refractivity contribution in [3.63, 3.8) is 0 Å². The number of nitrogens with zero attached hydrogens (tertiary/aromatic N) is 3. The normalized spacial score (nSPS) is 18.8. The molecule has 0 amide bonds. The van der Waals surface area contributed by atoms with Crippen LogP contribution in [0, 0.1) is 17.7 Å². The predicted molar refractivity (Wildman–Crippen MR) is 82.6 cm³/mol. The number of fused-ring (bicyclic) bond motifs is 3. The molecule has 0 saturated carbocycles. The van der Waals surface area contributed by atoms with E-state index in [0.29, 0.717) is 31.1 Å². The molecule has 1 saturated heterocycles. The molecular weight excluding hydrogens is 297 g/mol. The first kappa shape index (κ1) is 14.0. The fourth-order valence-electron chi connectivity index (χ4n) is 2.97. The maximum Gasteiger partial charge on any atom is 0.350 e. The molecule has 2 aliphatic rings. The summed E-state index contributed by atoms with van der Waals surface area (Å²) in [5, 5.41) is 0. The number of halogens is 1. The molecule has 1 atom stereocenters. The van der Waals surface area contributed by atoms with E-state index in [1.54, 1.807) is 22.8 Å². The molecule has 2 aliphatic heterocycles. The second kappa shape index (κ2) is 5.52. The van der Waals surface area contributed by atoms with E-state index >= 15 is 0 Å². The van der Waals surface area contributed by atoms with Crippen LogP contribution in [0.15, 0.2) is 35.1 Å². The van der Waals surface area contributed by atoms with Crippen molar-refractivity contribution >= 4 is 5.82 Å². The van der Waals surface area contributed by atoms with Gasteiger partial charge < -0.3 is 9.64 Å². The standard InChI is InChI=1S/C17H14FN3O2/c18-13-3-1-2-12(8-13)4-5-14-9-16-20(17(22)19-14)10-15-6-7-23-11-21(15)16/h1-3,8-9,15H,6-7,10-11H2. The van der Waals surface area contributed by atoms with Crippen molar-refractivity contribution in [1.82, 2.24) is 9.55 Å². The van der Waals surface area contributed by atoms with E-state index in [0.717, 1.165) is 12.2 Å². The van der Waals surface area contributed by atoms with Crippen molar-refractivity contribution in [2.75, 3.05) is 18.2 Å². The third-order valence-corrected chi connectivity index (χ3v) is 4.10. The lowest BCUT2D eigenvalue weighted by Crippen LogP contribution is -2.39. The third-order valence-electron chi connectivity index (χ3n) is 4.10. The van der Waals surface area contributed by atoms with Crippen LogP contribution in [0.25, 0.3) is 0 Å². The molecule has 0 aliphatic carbocycles. The van der Waals surface area contributed by atoms with Gasteiger partial charge in [0.05, 0.1) is 12.6 Å². The number of ether oxygens (including phenoxy) is 1. The zero-order valence-electron chi connectivity index (χ0n) is 12.3. The maximum absolute atomic E-state index is 13.2. The predicted octanol–water partition coefficient (Wildman–Crippen LogP) is 1.35.